The Bertz CT molecular complexity index is 1380. The van der Waals surface area contributed by atoms with Crippen molar-refractivity contribution in [2.24, 2.45) is 0 Å². The molecule has 0 aliphatic carbocycles. The maximum atomic E-state index is 11.2. The number of rotatable bonds is 9. The number of fused-ring (bicyclic) bond motifs is 1. The maximum absolute atomic E-state index is 11.2. The topological polar surface area (TPSA) is 49.8 Å². The molecule has 1 heterocycles. The minimum Gasteiger partial charge on any atom is -0.489 e. The molecule has 1 aliphatic rings. The van der Waals surface area contributed by atoms with Gasteiger partial charge in [-0.15, -0.1) is 12.4 Å². The van der Waals surface area contributed by atoms with E-state index in [1.165, 1.54) is 27.8 Å². The number of halogens is 1. The van der Waals surface area contributed by atoms with E-state index in [-0.39, 0.29) is 18.8 Å². The van der Waals surface area contributed by atoms with Crippen LogP contribution in [0.5, 0.6) is 5.75 Å². The molecule has 38 heavy (non-hydrogen) atoms. The molecule has 0 saturated carbocycles. The van der Waals surface area contributed by atoms with E-state index in [2.05, 4.69) is 77.7 Å². The number of ether oxygens (including phenoxy) is 1. The van der Waals surface area contributed by atoms with Crippen molar-refractivity contribution in [3.8, 4) is 16.9 Å². The predicted molar refractivity (Wildman–Crippen MR) is 155 cm³/mol. The van der Waals surface area contributed by atoms with Crippen molar-refractivity contribution in [1.29, 1.82) is 0 Å². The number of hydrogen-bond donors (Lipinski definition) is 1. The van der Waals surface area contributed by atoms with Crippen molar-refractivity contribution in [2.45, 2.75) is 51.9 Å². The first-order valence-electron chi connectivity index (χ1n) is 12.8. The quantitative estimate of drug-likeness (QED) is 0.243. The number of carboxylic acids is 1. The van der Waals surface area contributed by atoms with E-state index in [9.17, 15) is 4.79 Å². The summed E-state index contributed by atoms with van der Waals surface area (Å²) in [5.41, 5.74) is 8.26. The zero-order valence-electron chi connectivity index (χ0n) is 21.9. The van der Waals surface area contributed by atoms with Gasteiger partial charge in [-0.1, -0.05) is 86.6 Å². The molecule has 4 aromatic carbocycles. The zero-order chi connectivity index (χ0) is 25.8. The normalized spacial score (nSPS) is 13.0. The molecule has 1 aliphatic heterocycles. The molecule has 4 aromatic rings. The molecular weight excluding hydrogens is 494 g/mol. The van der Waals surface area contributed by atoms with Crippen molar-refractivity contribution < 1.29 is 14.6 Å². The maximum Gasteiger partial charge on any atom is 0.304 e. The largest absolute Gasteiger partial charge is 0.489 e. The fraction of sp³-hybridized carbons (Fsp3) is 0.242. The molecule has 0 saturated heterocycles. The van der Waals surface area contributed by atoms with E-state index < -0.39 is 11.4 Å². The first-order chi connectivity index (χ1) is 17.9. The van der Waals surface area contributed by atoms with E-state index in [1.54, 1.807) is 0 Å². The van der Waals surface area contributed by atoms with Gasteiger partial charge in [0.05, 0.1) is 6.42 Å². The lowest BCUT2D eigenvalue weighted by Gasteiger charge is -2.23. The van der Waals surface area contributed by atoms with Gasteiger partial charge in [0.25, 0.3) is 0 Å². The lowest BCUT2D eigenvalue weighted by molar-refractivity contribution is -0.138. The van der Waals surface area contributed by atoms with Crippen LogP contribution < -0.4 is 4.74 Å². The Morgan fingerprint density at radius 1 is 0.816 bits per heavy atom. The number of carbonyl (C=O) groups is 1. The molecule has 0 aromatic heterocycles. The van der Waals surface area contributed by atoms with Gasteiger partial charge in [0.15, 0.2) is 0 Å². The molecule has 196 valence electrons. The van der Waals surface area contributed by atoms with Gasteiger partial charge in [0, 0.05) is 25.0 Å². The second kappa shape index (κ2) is 11.8. The Morgan fingerprint density at radius 2 is 1.50 bits per heavy atom. The molecule has 0 amide bonds. The minimum absolute atomic E-state index is 0. The highest BCUT2D eigenvalue weighted by Crippen LogP contribution is 2.31. The smallest absolute Gasteiger partial charge is 0.304 e. The van der Waals surface area contributed by atoms with Crippen LogP contribution in [0.4, 0.5) is 0 Å². The number of hydrogen-bond acceptors (Lipinski definition) is 3. The van der Waals surface area contributed by atoms with Crippen LogP contribution in [-0.4, -0.2) is 16.0 Å². The first-order valence-corrected chi connectivity index (χ1v) is 12.8. The third-order valence-corrected chi connectivity index (χ3v) is 7.14. The van der Waals surface area contributed by atoms with E-state index >= 15 is 0 Å². The summed E-state index contributed by atoms with van der Waals surface area (Å²) >= 11 is 0. The fourth-order valence-electron chi connectivity index (χ4n) is 5.09. The second-order valence-electron chi connectivity index (χ2n) is 10.6. The van der Waals surface area contributed by atoms with Gasteiger partial charge < -0.3 is 9.84 Å². The third-order valence-electron chi connectivity index (χ3n) is 7.14. The summed E-state index contributed by atoms with van der Waals surface area (Å²) in [5.74, 6) is -0.0191. The molecule has 0 unspecified atom stereocenters. The molecule has 0 spiro atoms. The average Bonchev–Trinajstić information content (AvgIpc) is 3.29. The average molecular weight is 528 g/mol. The highest BCUT2D eigenvalue weighted by molar-refractivity contribution is 5.85. The Hall–Kier alpha value is -3.60. The molecule has 1 N–H and O–H groups in total. The minimum atomic E-state index is -0.793. The van der Waals surface area contributed by atoms with Gasteiger partial charge in [-0.05, 0) is 63.2 Å². The van der Waals surface area contributed by atoms with Gasteiger partial charge in [0.1, 0.15) is 12.4 Å². The summed E-state index contributed by atoms with van der Waals surface area (Å²) in [6.45, 7) is 7.30. The molecule has 5 rings (SSSR count). The van der Waals surface area contributed by atoms with E-state index in [4.69, 9.17) is 9.84 Å². The lowest BCUT2D eigenvalue weighted by atomic mass is 9.82. The Kier molecular flexibility index (Phi) is 8.55. The monoisotopic (exact) mass is 527 g/mol. The summed E-state index contributed by atoms with van der Waals surface area (Å²) < 4.78 is 6.05. The molecule has 0 bridgehead atoms. The number of aliphatic carboxylic acids is 1. The number of carboxylic acid groups (broad SMARTS) is 1. The van der Waals surface area contributed by atoms with Crippen molar-refractivity contribution in [3.05, 3.63) is 125 Å². The van der Waals surface area contributed by atoms with E-state index in [0.29, 0.717) is 6.61 Å². The van der Waals surface area contributed by atoms with Gasteiger partial charge in [-0.2, -0.15) is 0 Å². The van der Waals surface area contributed by atoms with Crippen molar-refractivity contribution in [1.82, 2.24) is 4.90 Å². The van der Waals surface area contributed by atoms with Gasteiger partial charge in [-0.3, -0.25) is 9.69 Å². The molecule has 5 heteroatoms. The molecule has 0 atom stereocenters. The SMILES string of the molecule is CC(C)(CC(=O)O)c1ccc(OCc2cccc(-c3ccc4c(c3)CN(Cc3ccccc3)C4)c2)cc1.Cl. The van der Waals surface area contributed by atoms with Crippen molar-refractivity contribution in [3.63, 3.8) is 0 Å². The number of benzene rings is 4. The van der Waals surface area contributed by atoms with Crippen LogP contribution in [-0.2, 0) is 36.5 Å². The van der Waals surface area contributed by atoms with Gasteiger partial charge >= 0.3 is 5.97 Å². The summed E-state index contributed by atoms with van der Waals surface area (Å²) in [6.07, 6.45) is 0.0910. The zero-order valence-corrected chi connectivity index (χ0v) is 22.7. The highest BCUT2D eigenvalue weighted by atomic mass is 35.5. The Morgan fingerprint density at radius 3 is 2.24 bits per heavy atom. The van der Waals surface area contributed by atoms with E-state index in [0.717, 1.165) is 36.5 Å². The van der Waals surface area contributed by atoms with Crippen molar-refractivity contribution in [2.75, 3.05) is 0 Å². The molecule has 0 radical (unpaired) electrons. The van der Waals surface area contributed by atoms with Crippen LogP contribution in [0.2, 0.25) is 0 Å². The van der Waals surface area contributed by atoms with Crippen LogP contribution in [0, 0.1) is 0 Å². The number of nitrogens with zero attached hydrogens (tertiary/aromatic N) is 1. The highest BCUT2D eigenvalue weighted by Gasteiger charge is 2.24. The summed E-state index contributed by atoms with van der Waals surface area (Å²) in [7, 11) is 0. The molecule has 0 fully saturated rings. The van der Waals surface area contributed by atoms with Gasteiger partial charge in [0.2, 0.25) is 0 Å². The fourth-order valence-corrected chi connectivity index (χ4v) is 5.09. The van der Waals surface area contributed by atoms with Crippen LogP contribution in [0.15, 0.2) is 97.1 Å². The molecular formula is C33H34ClNO3. The van der Waals surface area contributed by atoms with Crippen LogP contribution in [0.25, 0.3) is 11.1 Å². The summed E-state index contributed by atoms with van der Waals surface area (Å²) in [4.78, 5) is 13.6. The van der Waals surface area contributed by atoms with Crippen LogP contribution in [0.3, 0.4) is 0 Å². The Balaban J connectivity index is 0.00000336. The second-order valence-corrected chi connectivity index (χ2v) is 10.6. The van der Waals surface area contributed by atoms with E-state index in [1.807, 2.05) is 38.1 Å². The summed E-state index contributed by atoms with van der Waals surface area (Å²) in [6, 6.07) is 33.8. The van der Waals surface area contributed by atoms with Crippen molar-refractivity contribution >= 4 is 18.4 Å². The standard InChI is InChI=1S/C33H33NO3.ClH/c1-33(2,19-32(35)36)30-13-15-31(16-14-30)37-23-25-9-6-10-26(17-25)27-11-12-28-21-34(22-29(28)18-27)20-24-7-4-3-5-8-24;/h3-18H,19-23H2,1-2H3,(H,35,36);1H. The molecule has 4 nitrogen and oxygen atoms in total. The van der Waals surface area contributed by atoms with Crippen LogP contribution >= 0.6 is 12.4 Å². The third kappa shape index (κ3) is 6.63. The van der Waals surface area contributed by atoms with Crippen LogP contribution in [0.1, 0.15) is 48.1 Å². The lowest BCUT2D eigenvalue weighted by Crippen LogP contribution is -2.21. The predicted octanol–water partition coefficient (Wildman–Crippen LogP) is 7.62. The van der Waals surface area contributed by atoms with Gasteiger partial charge in [-0.25, -0.2) is 0 Å². The summed E-state index contributed by atoms with van der Waals surface area (Å²) in [5, 5.41) is 9.17. The Labute approximate surface area is 231 Å². The first kappa shape index (κ1) is 27.4.